The number of halogens is 1. The first-order valence-electron chi connectivity index (χ1n) is 5.23. The van der Waals surface area contributed by atoms with E-state index in [0.29, 0.717) is 18.2 Å². The molecule has 86 valence electrons. The summed E-state index contributed by atoms with van der Waals surface area (Å²) in [4.78, 5) is 6.36. The minimum atomic E-state index is -0.0794. The van der Waals surface area contributed by atoms with E-state index in [-0.39, 0.29) is 6.04 Å². The molecule has 1 saturated heterocycles. The van der Waals surface area contributed by atoms with Gasteiger partial charge in [0.2, 0.25) is 0 Å². The molecule has 0 bridgehead atoms. The second-order valence-electron chi connectivity index (χ2n) is 3.88. The first kappa shape index (κ1) is 11.4. The monoisotopic (exact) mass is 239 g/mol. The number of piperazine rings is 1. The summed E-state index contributed by atoms with van der Waals surface area (Å²) in [7, 11) is 1.88. The third-order valence-corrected chi connectivity index (χ3v) is 3.23. The van der Waals surface area contributed by atoms with Crippen LogP contribution in [0.4, 0.5) is 0 Å². The Balaban J connectivity index is 2.08. The fraction of sp³-hybridized carbons (Fsp3) is 0.600. The van der Waals surface area contributed by atoms with Crippen molar-refractivity contribution in [2.45, 2.75) is 12.6 Å². The lowest BCUT2D eigenvalue weighted by Crippen LogP contribution is -2.50. The molecule has 0 spiro atoms. The number of imidazole rings is 1. The molecule has 0 saturated carbocycles. The molecule has 0 radical (unpaired) electrons. The van der Waals surface area contributed by atoms with Gasteiger partial charge in [0, 0.05) is 26.7 Å². The Morgan fingerprint density at radius 1 is 1.75 bits per heavy atom. The standard InChI is InChI=1S/C10H14ClN5/c1-15-9(11)6-14-10(15)7-16-3-2-13-5-8(16)4-12/h6,8,13H,2-3,5,7H2,1H3. The predicted octanol–water partition coefficient (Wildman–Crippen LogP) is 0.371. The molecule has 1 unspecified atom stereocenters. The van der Waals surface area contributed by atoms with Gasteiger partial charge in [-0.1, -0.05) is 11.6 Å². The SMILES string of the molecule is Cn1c(Cl)cnc1CN1CCNCC1C#N. The summed E-state index contributed by atoms with van der Waals surface area (Å²) >= 11 is 5.92. The van der Waals surface area contributed by atoms with Crippen LogP contribution in [-0.2, 0) is 13.6 Å². The normalized spacial score (nSPS) is 21.9. The Morgan fingerprint density at radius 3 is 3.19 bits per heavy atom. The summed E-state index contributed by atoms with van der Waals surface area (Å²) in [6.07, 6.45) is 1.64. The minimum Gasteiger partial charge on any atom is -0.321 e. The van der Waals surface area contributed by atoms with Crippen LogP contribution in [0.1, 0.15) is 5.82 Å². The van der Waals surface area contributed by atoms with E-state index in [0.717, 1.165) is 18.9 Å². The van der Waals surface area contributed by atoms with E-state index in [4.69, 9.17) is 16.9 Å². The van der Waals surface area contributed by atoms with E-state index in [2.05, 4.69) is 21.3 Å². The molecule has 0 aromatic carbocycles. The number of aromatic nitrogens is 2. The Hall–Kier alpha value is -1.09. The van der Waals surface area contributed by atoms with Crippen LogP contribution < -0.4 is 5.32 Å². The highest BCUT2D eigenvalue weighted by Gasteiger charge is 2.23. The van der Waals surface area contributed by atoms with E-state index in [1.165, 1.54) is 0 Å². The van der Waals surface area contributed by atoms with Crippen molar-refractivity contribution in [3.8, 4) is 6.07 Å². The molecule has 1 aliphatic rings. The summed E-state index contributed by atoms with van der Waals surface area (Å²) in [6, 6.07) is 2.21. The highest BCUT2D eigenvalue weighted by atomic mass is 35.5. The molecular formula is C10H14ClN5. The topological polar surface area (TPSA) is 56.9 Å². The molecule has 1 aromatic heterocycles. The van der Waals surface area contributed by atoms with Crippen molar-refractivity contribution in [1.29, 1.82) is 5.26 Å². The largest absolute Gasteiger partial charge is 0.321 e. The van der Waals surface area contributed by atoms with Crippen molar-refractivity contribution < 1.29 is 0 Å². The van der Waals surface area contributed by atoms with Crippen molar-refractivity contribution in [1.82, 2.24) is 19.8 Å². The molecule has 1 aliphatic heterocycles. The van der Waals surface area contributed by atoms with Gasteiger partial charge in [0.1, 0.15) is 17.0 Å². The van der Waals surface area contributed by atoms with Crippen molar-refractivity contribution >= 4 is 11.6 Å². The summed E-state index contributed by atoms with van der Waals surface area (Å²) in [5.41, 5.74) is 0. The van der Waals surface area contributed by atoms with Crippen LogP contribution in [0.5, 0.6) is 0 Å². The lowest BCUT2D eigenvalue weighted by Gasteiger charge is -2.31. The Bertz CT molecular complexity index is 408. The zero-order valence-corrected chi connectivity index (χ0v) is 9.91. The summed E-state index contributed by atoms with van der Waals surface area (Å²) in [6.45, 7) is 3.16. The first-order chi connectivity index (χ1) is 7.72. The fourth-order valence-electron chi connectivity index (χ4n) is 1.82. The van der Waals surface area contributed by atoms with E-state index in [1.807, 2.05) is 11.6 Å². The maximum atomic E-state index is 9.03. The molecule has 5 nitrogen and oxygen atoms in total. The number of rotatable bonds is 2. The lowest BCUT2D eigenvalue weighted by atomic mass is 10.2. The van der Waals surface area contributed by atoms with Crippen molar-refractivity contribution in [2.75, 3.05) is 19.6 Å². The molecule has 0 aliphatic carbocycles. The number of nitriles is 1. The van der Waals surface area contributed by atoms with Crippen molar-refractivity contribution in [2.24, 2.45) is 7.05 Å². The van der Waals surface area contributed by atoms with Crippen LogP contribution in [0.2, 0.25) is 5.15 Å². The zero-order chi connectivity index (χ0) is 11.5. The van der Waals surface area contributed by atoms with E-state index >= 15 is 0 Å². The van der Waals surface area contributed by atoms with Crippen LogP contribution in [0.25, 0.3) is 0 Å². The van der Waals surface area contributed by atoms with Gasteiger partial charge in [-0.25, -0.2) is 4.98 Å². The van der Waals surface area contributed by atoms with Crippen molar-refractivity contribution in [3.63, 3.8) is 0 Å². The van der Waals surface area contributed by atoms with Crippen LogP contribution in [0.3, 0.4) is 0 Å². The van der Waals surface area contributed by atoms with Gasteiger partial charge in [-0.05, 0) is 0 Å². The zero-order valence-electron chi connectivity index (χ0n) is 9.15. The van der Waals surface area contributed by atoms with E-state index < -0.39 is 0 Å². The Labute approximate surface area is 99.6 Å². The average Bonchev–Trinajstić information content (AvgIpc) is 2.62. The second kappa shape index (κ2) is 4.83. The quantitative estimate of drug-likeness (QED) is 0.810. The molecule has 0 amide bonds. The summed E-state index contributed by atoms with van der Waals surface area (Å²) in [5, 5.41) is 12.9. The highest BCUT2D eigenvalue weighted by Crippen LogP contribution is 2.13. The summed E-state index contributed by atoms with van der Waals surface area (Å²) in [5.74, 6) is 0.896. The smallest absolute Gasteiger partial charge is 0.128 e. The number of nitrogens with zero attached hydrogens (tertiary/aromatic N) is 4. The van der Waals surface area contributed by atoms with Gasteiger partial charge >= 0.3 is 0 Å². The first-order valence-corrected chi connectivity index (χ1v) is 5.60. The van der Waals surface area contributed by atoms with Crippen LogP contribution >= 0.6 is 11.6 Å². The predicted molar refractivity (Wildman–Crippen MR) is 60.9 cm³/mol. The molecular weight excluding hydrogens is 226 g/mol. The van der Waals surface area contributed by atoms with Gasteiger partial charge < -0.3 is 9.88 Å². The minimum absolute atomic E-state index is 0.0794. The number of nitrogens with one attached hydrogen (secondary N) is 1. The van der Waals surface area contributed by atoms with Gasteiger partial charge in [0.25, 0.3) is 0 Å². The highest BCUT2D eigenvalue weighted by molar-refractivity contribution is 6.29. The molecule has 1 N–H and O–H groups in total. The van der Waals surface area contributed by atoms with Gasteiger partial charge in [-0.3, -0.25) is 4.90 Å². The van der Waals surface area contributed by atoms with E-state index in [1.54, 1.807) is 6.20 Å². The van der Waals surface area contributed by atoms with Crippen LogP contribution in [0, 0.1) is 11.3 Å². The van der Waals surface area contributed by atoms with Crippen LogP contribution in [0.15, 0.2) is 6.20 Å². The van der Waals surface area contributed by atoms with Crippen molar-refractivity contribution in [3.05, 3.63) is 17.2 Å². The lowest BCUT2D eigenvalue weighted by molar-refractivity contribution is 0.183. The molecule has 1 aromatic rings. The van der Waals surface area contributed by atoms with Gasteiger partial charge in [0.15, 0.2) is 0 Å². The van der Waals surface area contributed by atoms with Gasteiger partial charge in [-0.15, -0.1) is 0 Å². The molecule has 1 atom stereocenters. The van der Waals surface area contributed by atoms with Crippen LogP contribution in [-0.4, -0.2) is 40.1 Å². The fourth-order valence-corrected chi connectivity index (χ4v) is 1.96. The molecule has 6 heteroatoms. The van der Waals surface area contributed by atoms with E-state index in [9.17, 15) is 0 Å². The third kappa shape index (κ3) is 2.19. The Morgan fingerprint density at radius 2 is 2.56 bits per heavy atom. The average molecular weight is 240 g/mol. The molecule has 1 fully saturated rings. The second-order valence-corrected chi connectivity index (χ2v) is 4.26. The number of hydrogen-bond donors (Lipinski definition) is 1. The molecule has 16 heavy (non-hydrogen) atoms. The van der Waals surface area contributed by atoms with Gasteiger partial charge in [0.05, 0.1) is 18.8 Å². The van der Waals surface area contributed by atoms with Gasteiger partial charge in [-0.2, -0.15) is 5.26 Å². The number of hydrogen-bond acceptors (Lipinski definition) is 4. The maximum Gasteiger partial charge on any atom is 0.128 e. The Kier molecular flexibility index (Phi) is 3.44. The molecule has 2 heterocycles. The maximum absolute atomic E-state index is 9.03. The molecule has 2 rings (SSSR count). The third-order valence-electron chi connectivity index (χ3n) is 2.88. The summed E-state index contributed by atoms with van der Waals surface area (Å²) < 4.78 is 1.85.